The van der Waals surface area contributed by atoms with Gasteiger partial charge in [-0.05, 0) is 30.5 Å². The van der Waals surface area contributed by atoms with E-state index in [1.54, 1.807) is 38.1 Å². The molecule has 0 aliphatic carbocycles. The molecule has 0 saturated heterocycles. The number of nitrogens with zero attached hydrogens (tertiary/aromatic N) is 1. The van der Waals surface area contributed by atoms with Crippen LogP contribution in [0.5, 0.6) is 0 Å². The van der Waals surface area contributed by atoms with Gasteiger partial charge in [0.2, 0.25) is 23.5 Å². The number of aromatic nitrogens is 2. The molecule has 0 unspecified atom stereocenters. The molecule has 2 atom stereocenters. The molecule has 178 valence electrons. The number of anilines is 1. The number of benzene rings is 1. The molecular formula is C21H27FN6O5. The molecule has 1 aromatic heterocycles. The van der Waals surface area contributed by atoms with Gasteiger partial charge < -0.3 is 26.7 Å². The van der Waals surface area contributed by atoms with Crippen LogP contribution in [0.15, 0.2) is 40.1 Å². The van der Waals surface area contributed by atoms with Gasteiger partial charge in [0.25, 0.3) is 5.56 Å². The molecule has 2 rings (SSSR count). The van der Waals surface area contributed by atoms with E-state index in [2.05, 4.69) is 20.9 Å². The van der Waals surface area contributed by atoms with Crippen molar-refractivity contribution in [2.75, 3.05) is 11.9 Å². The quantitative estimate of drug-likeness (QED) is 0.329. The summed E-state index contributed by atoms with van der Waals surface area (Å²) in [6, 6.07) is 4.46. The van der Waals surface area contributed by atoms with Crippen LogP contribution in [0, 0.1) is 11.7 Å². The van der Waals surface area contributed by atoms with Crippen LogP contribution in [0.25, 0.3) is 0 Å². The molecule has 0 aliphatic heterocycles. The average Bonchev–Trinajstić information content (AvgIpc) is 2.78. The van der Waals surface area contributed by atoms with Gasteiger partial charge in [-0.3, -0.25) is 23.7 Å². The van der Waals surface area contributed by atoms with Crippen LogP contribution in [-0.2, 0) is 20.9 Å². The van der Waals surface area contributed by atoms with Crippen LogP contribution in [-0.4, -0.2) is 45.9 Å². The van der Waals surface area contributed by atoms with Gasteiger partial charge in [-0.1, -0.05) is 26.0 Å². The number of rotatable bonds is 9. The van der Waals surface area contributed by atoms with Gasteiger partial charge in [-0.2, -0.15) is 4.39 Å². The van der Waals surface area contributed by atoms with Gasteiger partial charge in [0.1, 0.15) is 12.1 Å². The molecule has 0 fully saturated rings. The minimum atomic E-state index is -1.07. The molecule has 33 heavy (non-hydrogen) atoms. The minimum absolute atomic E-state index is 0.155. The molecule has 3 amide bonds. The fourth-order valence-electron chi connectivity index (χ4n) is 2.89. The Morgan fingerprint density at radius 3 is 2.27 bits per heavy atom. The van der Waals surface area contributed by atoms with Gasteiger partial charge >= 0.3 is 5.69 Å². The second kappa shape index (κ2) is 11.2. The summed E-state index contributed by atoms with van der Waals surface area (Å²) in [4.78, 5) is 62.1. The summed E-state index contributed by atoms with van der Waals surface area (Å²) in [5, 5.41) is 7.70. The van der Waals surface area contributed by atoms with Gasteiger partial charge in [0.15, 0.2) is 0 Å². The van der Waals surface area contributed by atoms with Crippen LogP contribution < -0.4 is 32.9 Å². The number of amides is 3. The number of carbonyl (C=O) groups excluding carboxylic acids is 3. The summed E-state index contributed by atoms with van der Waals surface area (Å²) >= 11 is 0. The van der Waals surface area contributed by atoms with E-state index >= 15 is 0 Å². The molecule has 1 heterocycles. The number of H-pyrrole nitrogens is 1. The second-order valence-corrected chi connectivity index (χ2v) is 7.74. The van der Waals surface area contributed by atoms with Crippen LogP contribution in [0.1, 0.15) is 26.3 Å². The summed E-state index contributed by atoms with van der Waals surface area (Å²) in [5.74, 6) is -2.79. The first-order valence-corrected chi connectivity index (χ1v) is 10.2. The first-order valence-electron chi connectivity index (χ1n) is 10.2. The topological polar surface area (TPSA) is 168 Å². The lowest BCUT2D eigenvalue weighted by molar-refractivity contribution is -0.131. The summed E-state index contributed by atoms with van der Waals surface area (Å²) in [5.41, 5.74) is 4.42. The lowest BCUT2D eigenvalue weighted by Gasteiger charge is -2.23. The van der Waals surface area contributed by atoms with Crippen molar-refractivity contribution in [2.45, 2.75) is 39.4 Å². The highest BCUT2D eigenvalue weighted by molar-refractivity contribution is 5.98. The fraction of sp³-hybridized carbons (Fsp3) is 0.381. The number of nitrogens with one attached hydrogen (secondary N) is 4. The van der Waals surface area contributed by atoms with Crippen molar-refractivity contribution in [1.29, 1.82) is 0 Å². The monoisotopic (exact) mass is 462 g/mol. The molecule has 0 saturated carbocycles. The van der Waals surface area contributed by atoms with Crippen molar-refractivity contribution in [3.05, 3.63) is 62.7 Å². The number of hydrogen-bond acceptors (Lipinski definition) is 6. The summed E-state index contributed by atoms with van der Waals surface area (Å²) in [6.07, 6.45) is 0.704. The first kappa shape index (κ1) is 25.5. The largest absolute Gasteiger partial charge is 0.343 e. The lowest BCUT2D eigenvalue weighted by Crippen LogP contribution is -2.54. The molecule has 11 nitrogen and oxygen atoms in total. The smallest absolute Gasteiger partial charge is 0.328 e. The number of hydrogen-bond donors (Lipinski definition) is 5. The van der Waals surface area contributed by atoms with Gasteiger partial charge in [-0.15, -0.1) is 0 Å². The summed E-state index contributed by atoms with van der Waals surface area (Å²) in [6.45, 7) is 4.58. The average molecular weight is 462 g/mol. The van der Waals surface area contributed by atoms with E-state index < -0.39 is 46.9 Å². The zero-order valence-electron chi connectivity index (χ0n) is 18.5. The fourth-order valence-corrected chi connectivity index (χ4v) is 2.89. The van der Waals surface area contributed by atoms with Crippen LogP contribution in [0.4, 0.5) is 10.1 Å². The van der Waals surface area contributed by atoms with Crippen molar-refractivity contribution in [3.8, 4) is 0 Å². The van der Waals surface area contributed by atoms with E-state index in [0.717, 1.165) is 4.57 Å². The Morgan fingerprint density at radius 2 is 1.70 bits per heavy atom. The van der Waals surface area contributed by atoms with Crippen LogP contribution >= 0.6 is 0 Å². The molecule has 6 N–H and O–H groups in total. The molecule has 2 aromatic rings. The number of aromatic amines is 1. The van der Waals surface area contributed by atoms with E-state index in [1.807, 2.05) is 0 Å². The highest BCUT2D eigenvalue weighted by atomic mass is 19.1. The third-order valence-corrected chi connectivity index (χ3v) is 4.78. The van der Waals surface area contributed by atoms with Crippen molar-refractivity contribution < 1.29 is 18.8 Å². The van der Waals surface area contributed by atoms with Crippen molar-refractivity contribution in [2.24, 2.45) is 11.7 Å². The minimum Gasteiger partial charge on any atom is -0.343 e. The van der Waals surface area contributed by atoms with E-state index in [4.69, 9.17) is 5.73 Å². The van der Waals surface area contributed by atoms with Crippen molar-refractivity contribution >= 4 is 23.4 Å². The number of carbonyl (C=O) groups is 3. The normalized spacial score (nSPS) is 12.7. The second-order valence-electron chi connectivity index (χ2n) is 7.74. The number of nitrogens with two attached hydrogens (primary N) is 1. The molecule has 12 heteroatoms. The zero-order valence-corrected chi connectivity index (χ0v) is 18.5. The van der Waals surface area contributed by atoms with Gasteiger partial charge in [-0.25, -0.2) is 4.79 Å². The molecule has 0 bridgehead atoms. The number of halogens is 1. The standard InChI is InChI=1S/C21H27FN6O5/c1-11(2)17(27-16(29)8-23)19(31)25-12(3)18(30)26-14-6-4-13(5-7-14)10-28-20(32)15(22)9-24-21(28)33/h4-7,9,11-12,17H,8,10,23H2,1-3H3,(H,24,33)(H,25,31)(H,26,30)(H,27,29)/t12-,17-/m0/s1. The Balaban J connectivity index is 2.00. The zero-order chi connectivity index (χ0) is 24.7. The van der Waals surface area contributed by atoms with Gasteiger partial charge in [0, 0.05) is 11.9 Å². The van der Waals surface area contributed by atoms with E-state index in [9.17, 15) is 28.4 Å². The van der Waals surface area contributed by atoms with Crippen LogP contribution in [0.2, 0.25) is 0 Å². The Hall–Kier alpha value is -3.80. The highest BCUT2D eigenvalue weighted by Crippen LogP contribution is 2.11. The molecule has 0 radical (unpaired) electrons. The molecule has 1 aromatic carbocycles. The van der Waals surface area contributed by atoms with E-state index in [-0.39, 0.29) is 19.0 Å². The maximum atomic E-state index is 13.4. The maximum absolute atomic E-state index is 13.4. The third kappa shape index (κ3) is 6.84. The van der Waals surface area contributed by atoms with Crippen molar-refractivity contribution in [1.82, 2.24) is 20.2 Å². The van der Waals surface area contributed by atoms with Gasteiger partial charge in [0.05, 0.1) is 13.1 Å². The van der Waals surface area contributed by atoms with E-state index in [0.29, 0.717) is 17.4 Å². The van der Waals surface area contributed by atoms with E-state index in [1.165, 1.54) is 6.92 Å². The highest BCUT2D eigenvalue weighted by Gasteiger charge is 2.26. The van der Waals surface area contributed by atoms with Crippen molar-refractivity contribution in [3.63, 3.8) is 0 Å². The van der Waals surface area contributed by atoms with Crippen LogP contribution in [0.3, 0.4) is 0 Å². The Kier molecular flexibility index (Phi) is 8.63. The maximum Gasteiger partial charge on any atom is 0.328 e. The SMILES string of the molecule is CC(C)[C@H](NC(=O)CN)C(=O)N[C@@H](C)C(=O)Nc1ccc(Cn2c(=O)[nH]cc(F)c2=O)cc1. The predicted octanol–water partition coefficient (Wildman–Crippen LogP) is -0.733. The molecule has 0 aliphatic rings. The molecular weight excluding hydrogens is 435 g/mol. The summed E-state index contributed by atoms with van der Waals surface area (Å²) < 4.78 is 14.1. The molecule has 0 spiro atoms. The third-order valence-electron chi connectivity index (χ3n) is 4.78. The Labute approximate surface area is 188 Å². The summed E-state index contributed by atoms with van der Waals surface area (Å²) in [7, 11) is 0. The Morgan fingerprint density at radius 1 is 1.06 bits per heavy atom. The first-order chi connectivity index (χ1) is 15.5. The Bertz CT molecular complexity index is 1130. The lowest BCUT2D eigenvalue weighted by atomic mass is 10.0. The predicted molar refractivity (Wildman–Crippen MR) is 119 cm³/mol.